The van der Waals surface area contributed by atoms with Gasteiger partial charge in [0.1, 0.15) is 6.61 Å². The van der Waals surface area contributed by atoms with Gasteiger partial charge in [0.25, 0.3) is 0 Å². The smallest absolute Gasteiger partial charge is 0.331 e. The van der Waals surface area contributed by atoms with Crippen LogP contribution in [0, 0.1) is 34.5 Å². The minimum atomic E-state index is -0.607. The van der Waals surface area contributed by atoms with Gasteiger partial charge in [0.2, 0.25) is 0 Å². The standard InChI is InChI=1S/C29H45NO4/c1-27-10-7-22(33-16-15-30-13-3-4-14-30)18-21(27)5-6-25-24(27)8-11-28(2)23(9-12-29(25,28)32)20-17-26(31)34-19-20/h17,21-25,32H,3-16,18-19H2,1-2H3/t21-,22+,23-,24+,25-,27+,28-,29+/m1/s1. The van der Waals surface area contributed by atoms with E-state index in [1.54, 1.807) is 6.08 Å². The van der Waals surface area contributed by atoms with Gasteiger partial charge in [-0.3, -0.25) is 0 Å². The molecule has 190 valence electrons. The van der Waals surface area contributed by atoms with Crippen LogP contribution < -0.4 is 0 Å². The Hall–Kier alpha value is -0.910. The van der Waals surface area contributed by atoms with Gasteiger partial charge in [-0.1, -0.05) is 13.8 Å². The average Bonchev–Trinajstić information content (AvgIpc) is 3.54. The summed E-state index contributed by atoms with van der Waals surface area (Å²) in [5.74, 6) is 1.83. The van der Waals surface area contributed by atoms with Gasteiger partial charge < -0.3 is 19.5 Å². The summed E-state index contributed by atoms with van der Waals surface area (Å²) < 4.78 is 11.7. The van der Waals surface area contributed by atoms with E-state index < -0.39 is 5.60 Å². The zero-order valence-corrected chi connectivity index (χ0v) is 21.4. The lowest BCUT2D eigenvalue weighted by molar-refractivity contribution is -0.209. The van der Waals surface area contributed by atoms with Gasteiger partial charge in [-0.05, 0) is 118 Å². The predicted octanol–water partition coefficient (Wildman–Crippen LogP) is 4.72. The molecule has 4 saturated carbocycles. The first kappa shape index (κ1) is 23.5. The van der Waals surface area contributed by atoms with Crippen molar-refractivity contribution in [2.24, 2.45) is 34.5 Å². The van der Waals surface area contributed by atoms with E-state index in [2.05, 4.69) is 18.7 Å². The first-order chi connectivity index (χ1) is 16.3. The van der Waals surface area contributed by atoms with E-state index in [-0.39, 0.29) is 17.3 Å². The first-order valence-electron chi connectivity index (χ1n) is 14.3. The van der Waals surface area contributed by atoms with Crippen LogP contribution in [0.1, 0.15) is 84.5 Å². The zero-order chi connectivity index (χ0) is 23.6. The van der Waals surface area contributed by atoms with Crippen LogP contribution in [-0.2, 0) is 14.3 Å². The molecule has 0 aromatic carbocycles. The SMILES string of the molecule is C[C@]12CC[C@H](OCCN3CCCC3)C[C@H]1CC[C@@H]1[C@@H]2CC[C@]2(C)[C@@H](C3=CC(=O)OC3)CC[C@]12O. The molecular weight excluding hydrogens is 426 g/mol. The van der Waals surface area contributed by atoms with Crippen molar-refractivity contribution in [2.45, 2.75) is 96.2 Å². The average molecular weight is 472 g/mol. The quantitative estimate of drug-likeness (QED) is 0.588. The Morgan fingerprint density at radius 2 is 1.88 bits per heavy atom. The first-order valence-corrected chi connectivity index (χ1v) is 14.3. The summed E-state index contributed by atoms with van der Waals surface area (Å²) in [6.45, 7) is 9.80. The van der Waals surface area contributed by atoms with Crippen LogP contribution in [0.4, 0.5) is 0 Å². The highest BCUT2D eigenvalue weighted by Crippen LogP contribution is 2.70. The number of rotatable bonds is 5. The van der Waals surface area contributed by atoms with E-state index in [9.17, 15) is 9.90 Å². The Labute approximate surface area is 205 Å². The van der Waals surface area contributed by atoms with Crippen LogP contribution in [0.2, 0.25) is 0 Å². The van der Waals surface area contributed by atoms with Gasteiger partial charge in [-0.25, -0.2) is 4.79 Å². The lowest BCUT2D eigenvalue weighted by Gasteiger charge is -2.63. The van der Waals surface area contributed by atoms with Crippen LogP contribution in [0.3, 0.4) is 0 Å². The number of fused-ring (bicyclic) bond motifs is 5. The predicted molar refractivity (Wildman–Crippen MR) is 131 cm³/mol. The number of nitrogens with zero attached hydrogens (tertiary/aromatic N) is 1. The summed E-state index contributed by atoms with van der Waals surface area (Å²) >= 11 is 0. The van der Waals surface area contributed by atoms with Gasteiger partial charge in [0, 0.05) is 18.0 Å². The number of esters is 1. The molecule has 1 saturated heterocycles. The molecule has 2 heterocycles. The summed E-state index contributed by atoms with van der Waals surface area (Å²) in [6, 6.07) is 0. The molecule has 0 aromatic heterocycles. The Balaban J connectivity index is 1.13. The Bertz CT molecular complexity index is 836. The number of hydrogen-bond donors (Lipinski definition) is 1. The molecule has 0 amide bonds. The van der Waals surface area contributed by atoms with E-state index in [1.807, 2.05) is 0 Å². The van der Waals surface area contributed by atoms with E-state index in [4.69, 9.17) is 9.47 Å². The number of aliphatic hydroxyl groups is 1. The Morgan fingerprint density at radius 3 is 2.65 bits per heavy atom. The van der Waals surface area contributed by atoms with E-state index in [0.717, 1.165) is 50.3 Å². The monoisotopic (exact) mass is 471 g/mol. The maximum Gasteiger partial charge on any atom is 0.331 e. The highest BCUT2D eigenvalue weighted by Gasteiger charge is 2.67. The van der Waals surface area contributed by atoms with E-state index in [0.29, 0.717) is 30.0 Å². The number of carbonyl (C=O) groups is 1. The maximum absolute atomic E-state index is 12.4. The number of carbonyl (C=O) groups excluding carboxylic acids is 1. The largest absolute Gasteiger partial charge is 0.458 e. The Morgan fingerprint density at radius 1 is 1.06 bits per heavy atom. The van der Waals surface area contributed by atoms with Crippen molar-refractivity contribution >= 4 is 5.97 Å². The van der Waals surface area contributed by atoms with Crippen molar-refractivity contribution in [3.8, 4) is 0 Å². The fraction of sp³-hybridized carbons (Fsp3) is 0.897. The van der Waals surface area contributed by atoms with Crippen LogP contribution in [0.5, 0.6) is 0 Å². The summed E-state index contributed by atoms with van der Waals surface area (Å²) in [6.07, 6.45) is 15.0. The van der Waals surface area contributed by atoms with Crippen molar-refractivity contribution in [1.82, 2.24) is 4.90 Å². The molecule has 8 atom stereocenters. The molecule has 0 radical (unpaired) electrons. The van der Waals surface area contributed by atoms with Gasteiger partial charge in [-0.2, -0.15) is 0 Å². The summed E-state index contributed by atoms with van der Waals surface area (Å²) in [4.78, 5) is 14.3. The van der Waals surface area contributed by atoms with Gasteiger partial charge in [0.15, 0.2) is 0 Å². The van der Waals surface area contributed by atoms with Gasteiger partial charge in [0.05, 0.1) is 18.3 Å². The molecule has 34 heavy (non-hydrogen) atoms. The summed E-state index contributed by atoms with van der Waals surface area (Å²) in [5, 5.41) is 12.4. The maximum atomic E-state index is 12.4. The Kier molecular flexibility index (Phi) is 5.93. The molecule has 1 N–H and O–H groups in total. The molecule has 0 aromatic rings. The number of cyclic esters (lactones) is 1. The second kappa shape index (κ2) is 8.59. The van der Waals surface area contributed by atoms with Crippen molar-refractivity contribution < 1.29 is 19.4 Å². The summed E-state index contributed by atoms with van der Waals surface area (Å²) in [5.41, 5.74) is 0.726. The molecule has 6 aliphatic rings. The molecular formula is C29H45NO4. The van der Waals surface area contributed by atoms with Crippen LogP contribution in [0.15, 0.2) is 11.6 Å². The third-order valence-electron chi connectivity index (χ3n) is 11.9. The molecule has 0 spiro atoms. The number of likely N-dealkylation sites (tertiary alicyclic amines) is 1. The molecule has 5 heteroatoms. The second-order valence-electron chi connectivity index (χ2n) is 13.1. The molecule has 5 fully saturated rings. The lowest BCUT2D eigenvalue weighted by Crippen LogP contribution is -2.62. The van der Waals surface area contributed by atoms with E-state index in [1.165, 1.54) is 58.0 Å². The third-order valence-corrected chi connectivity index (χ3v) is 11.9. The van der Waals surface area contributed by atoms with E-state index >= 15 is 0 Å². The molecule has 0 bridgehead atoms. The van der Waals surface area contributed by atoms with Crippen LogP contribution in [0.25, 0.3) is 0 Å². The van der Waals surface area contributed by atoms with Crippen molar-refractivity contribution in [3.63, 3.8) is 0 Å². The zero-order valence-electron chi connectivity index (χ0n) is 21.4. The lowest BCUT2D eigenvalue weighted by atomic mass is 9.43. The minimum absolute atomic E-state index is 0.132. The summed E-state index contributed by atoms with van der Waals surface area (Å²) in [7, 11) is 0. The molecule has 0 unspecified atom stereocenters. The van der Waals surface area contributed by atoms with Crippen LogP contribution in [-0.4, -0.2) is 60.5 Å². The normalized spacial score (nSPS) is 48.7. The minimum Gasteiger partial charge on any atom is -0.458 e. The number of hydrogen-bond acceptors (Lipinski definition) is 5. The fourth-order valence-electron chi connectivity index (χ4n) is 9.88. The molecule has 2 aliphatic heterocycles. The van der Waals surface area contributed by atoms with Crippen molar-refractivity contribution in [3.05, 3.63) is 11.6 Å². The molecule has 4 aliphatic carbocycles. The fourth-order valence-corrected chi connectivity index (χ4v) is 9.88. The van der Waals surface area contributed by atoms with Crippen LogP contribution >= 0.6 is 0 Å². The second-order valence-corrected chi connectivity index (χ2v) is 13.1. The highest BCUT2D eigenvalue weighted by molar-refractivity contribution is 5.85. The topological polar surface area (TPSA) is 59.0 Å². The molecule has 6 rings (SSSR count). The van der Waals surface area contributed by atoms with Gasteiger partial charge >= 0.3 is 5.97 Å². The number of ether oxygens (including phenoxy) is 2. The third kappa shape index (κ3) is 3.55. The van der Waals surface area contributed by atoms with Gasteiger partial charge in [-0.15, -0.1) is 0 Å². The van der Waals surface area contributed by atoms with Crippen molar-refractivity contribution in [2.75, 3.05) is 32.8 Å². The van der Waals surface area contributed by atoms with Crippen molar-refractivity contribution in [1.29, 1.82) is 0 Å². The molecule has 5 nitrogen and oxygen atoms in total. The highest BCUT2D eigenvalue weighted by atomic mass is 16.5.